The molecule has 1 fully saturated rings. The van der Waals surface area contributed by atoms with Crippen LogP contribution in [-0.2, 0) is 6.54 Å². The Bertz CT molecular complexity index is 392. The van der Waals surface area contributed by atoms with E-state index in [0.717, 1.165) is 31.1 Å². The molecule has 1 aliphatic rings. The van der Waals surface area contributed by atoms with Gasteiger partial charge in [-0.3, -0.25) is 0 Å². The smallest absolute Gasteiger partial charge is 0.123 e. The third kappa shape index (κ3) is 3.53. The van der Waals surface area contributed by atoms with Crippen molar-refractivity contribution in [2.75, 3.05) is 26.2 Å². The van der Waals surface area contributed by atoms with Gasteiger partial charge >= 0.3 is 0 Å². The van der Waals surface area contributed by atoms with E-state index in [-0.39, 0.29) is 5.82 Å². The van der Waals surface area contributed by atoms with E-state index in [0.29, 0.717) is 0 Å². The monoisotopic (exact) mass is 250 g/mol. The topological polar surface area (TPSA) is 15.3 Å². The molecule has 1 unspecified atom stereocenters. The molecule has 1 aromatic carbocycles. The van der Waals surface area contributed by atoms with Gasteiger partial charge in [0.2, 0.25) is 0 Å². The zero-order chi connectivity index (χ0) is 13.0. The molecule has 2 rings (SSSR count). The van der Waals surface area contributed by atoms with E-state index in [1.807, 2.05) is 13.0 Å². The highest BCUT2D eigenvalue weighted by Crippen LogP contribution is 2.15. The number of aryl methyl sites for hydroxylation is 1. The summed E-state index contributed by atoms with van der Waals surface area (Å²) in [7, 11) is 0. The van der Waals surface area contributed by atoms with Crippen LogP contribution in [0.15, 0.2) is 18.2 Å². The number of rotatable bonds is 5. The molecule has 1 N–H and O–H groups in total. The summed E-state index contributed by atoms with van der Waals surface area (Å²) in [4.78, 5) is 2.50. The fourth-order valence-electron chi connectivity index (χ4n) is 2.64. The van der Waals surface area contributed by atoms with Crippen LogP contribution >= 0.6 is 0 Å². The Morgan fingerprint density at radius 2 is 2.28 bits per heavy atom. The fraction of sp³-hybridized carbons (Fsp3) is 0.600. The highest BCUT2D eigenvalue weighted by Gasteiger charge is 2.20. The largest absolute Gasteiger partial charge is 0.312 e. The molecule has 0 aliphatic carbocycles. The summed E-state index contributed by atoms with van der Waals surface area (Å²) in [5.74, 6) is 0.622. The molecular weight excluding hydrogens is 227 g/mol. The molecule has 3 heteroatoms. The van der Waals surface area contributed by atoms with Crippen LogP contribution in [-0.4, -0.2) is 31.1 Å². The van der Waals surface area contributed by atoms with Gasteiger partial charge < -0.3 is 10.2 Å². The second-order valence-electron chi connectivity index (χ2n) is 5.25. The zero-order valence-electron chi connectivity index (χ0n) is 11.4. The number of nitrogens with one attached hydrogen (secondary N) is 1. The van der Waals surface area contributed by atoms with E-state index in [2.05, 4.69) is 17.1 Å². The van der Waals surface area contributed by atoms with Gasteiger partial charge in [-0.05, 0) is 62.2 Å². The van der Waals surface area contributed by atoms with Crippen LogP contribution in [0.1, 0.15) is 24.5 Å². The number of hydrogen-bond donors (Lipinski definition) is 1. The molecule has 1 saturated heterocycles. The predicted octanol–water partition coefficient (Wildman–Crippen LogP) is 2.57. The quantitative estimate of drug-likeness (QED) is 0.864. The summed E-state index contributed by atoms with van der Waals surface area (Å²) in [5, 5.41) is 3.50. The van der Waals surface area contributed by atoms with Gasteiger partial charge in [0.05, 0.1) is 0 Å². The number of likely N-dealkylation sites (tertiary alicyclic amines) is 1. The van der Waals surface area contributed by atoms with Crippen molar-refractivity contribution in [3.63, 3.8) is 0 Å². The Balaban J connectivity index is 1.75. The maximum Gasteiger partial charge on any atom is 0.123 e. The number of nitrogens with zero attached hydrogens (tertiary/aromatic N) is 1. The molecule has 18 heavy (non-hydrogen) atoms. The number of benzene rings is 1. The second kappa shape index (κ2) is 6.30. The number of hydrogen-bond acceptors (Lipinski definition) is 2. The van der Waals surface area contributed by atoms with Crippen molar-refractivity contribution < 1.29 is 4.39 Å². The van der Waals surface area contributed by atoms with Gasteiger partial charge in [0.25, 0.3) is 0 Å². The lowest BCUT2D eigenvalue weighted by Gasteiger charge is -2.14. The first-order valence-corrected chi connectivity index (χ1v) is 6.87. The summed E-state index contributed by atoms with van der Waals surface area (Å²) >= 11 is 0. The Morgan fingerprint density at radius 1 is 1.44 bits per heavy atom. The van der Waals surface area contributed by atoms with Crippen molar-refractivity contribution in [2.45, 2.75) is 26.8 Å². The van der Waals surface area contributed by atoms with Crippen LogP contribution in [0, 0.1) is 18.7 Å². The van der Waals surface area contributed by atoms with E-state index in [1.165, 1.54) is 25.1 Å². The highest BCUT2D eigenvalue weighted by molar-refractivity contribution is 5.26. The first-order valence-electron chi connectivity index (χ1n) is 6.87. The Labute approximate surface area is 109 Å². The molecule has 1 aromatic rings. The molecule has 0 radical (unpaired) electrons. The molecule has 1 atom stereocenters. The zero-order valence-corrected chi connectivity index (χ0v) is 11.4. The molecule has 2 nitrogen and oxygen atoms in total. The van der Waals surface area contributed by atoms with Crippen molar-refractivity contribution in [3.8, 4) is 0 Å². The van der Waals surface area contributed by atoms with Gasteiger partial charge in [0.15, 0.2) is 0 Å². The Morgan fingerprint density at radius 3 is 2.94 bits per heavy atom. The summed E-state index contributed by atoms with van der Waals surface area (Å²) in [5.41, 5.74) is 2.23. The lowest BCUT2D eigenvalue weighted by Crippen LogP contribution is -2.26. The Kier molecular flexibility index (Phi) is 4.72. The lowest BCUT2D eigenvalue weighted by molar-refractivity contribution is 0.339. The van der Waals surface area contributed by atoms with Crippen molar-refractivity contribution in [3.05, 3.63) is 35.1 Å². The van der Waals surface area contributed by atoms with Crippen molar-refractivity contribution >= 4 is 0 Å². The average Bonchev–Trinajstić information content (AvgIpc) is 2.80. The average molecular weight is 250 g/mol. The molecule has 0 aromatic heterocycles. The standard InChI is InChI=1S/C15H23FN2/c1-3-18-7-6-13(11-18)9-17-10-14-4-5-15(16)8-12(14)2/h4-5,8,13,17H,3,6-7,9-11H2,1-2H3. The minimum Gasteiger partial charge on any atom is -0.312 e. The molecule has 1 heterocycles. The van der Waals surface area contributed by atoms with Crippen LogP contribution in [0.2, 0.25) is 0 Å². The third-order valence-corrected chi connectivity index (χ3v) is 3.87. The molecule has 0 amide bonds. The van der Waals surface area contributed by atoms with Crippen molar-refractivity contribution in [1.29, 1.82) is 0 Å². The fourth-order valence-corrected chi connectivity index (χ4v) is 2.64. The second-order valence-corrected chi connectivity index (χ2v) is 5.25. The van der Waals surface area contributed by atoms with Gasteiger partial charge in [0.1, 0.15) is 5.82 Å². The molecule has 0 spiro atoms. The molecule has 0 bridgehead atoms. The Hall–Kier alpha value is -0.930. The van der Waals surface area contributed by atoms with Crippen LogP contribution in [0.25, 0.3) is 0 Å². The van der Waals surface area contributed by atoms with Crippen LogP contribution in [0.5, 0.6) is 0 Å². The summed E-state index contributed by atoms with van der Waals surface area (Å²) in [6.45, 7) is 9.70. The van der Waals surface area contributed by atoms with Crippen molar-refractivity contribution in [1.82, 2.24) is 10.2 Å². The van der Waals surface area contributed by atoms with E-state index < -0.39 is 0 Å². The summed E-state index contributed by atoms with van der Waals surface area (Å²) < 4.78 is 13.0. The normalized spacial score (nSPS) is 20.5. The lowest BCUT2D eigenvalue weighted by atomic mass is 10.1. The highest BCUT2D eigenvalue weighted by atomic mass is 19.1. The minimum atomic E-state index is -0.148. The van der Waals surface area contributed by atoms with E-state index >= 15 is 0 Å². The van der Waals surface area contributed by atoms with Crippen LogP contribution in [0.4, 0.5) is 4.39 Å². The SMILES string of the molecule is CCN1CCC(CNCc2ccc(F)cc2C)C1. The molecule has 1 aliphatic heterocycles. The number of halogens is 1. The van der Waals surface area contributed by atoms with Crippen LogP contribution in [0.3, 0.4) is 0 Å². The van der Waals surface area contributed by atoms with Gasteiger partial charge in [-0.15, -0.1) is 0 Å². The van der Waals surface area contributed by atoms with E-state index in [1.54, 1.807) is 12.1 Å². The van der Waals surface area contributed by atoms with E-state index in [4.69, 9.17) is 0 Å². The van der Waals surface area contributed by atoms with E-state index in [9.17, 15) is 4.39 Å². The predicted molar refractivity (Wildman–Crippen MR) is 73.1 cm³/mol. The van der Waals surface area contributed by atoms with Gasteiger partial charge in [-0.2, -0.15) is 0 Å². The van der Waals surface area contributed by atoms with Gasteiger partial charge in [-0.25, -0.2) is 4.39 Å². The molecular formula is C15H23FN2. The summed E-state index contributed by atoms with van der Waals surface area (Å²) in [6.07, 6.45) is 1.29. The molecule has 100 valence electrons. The minimum absolute atomic E-state index is 0.148. The maximum absolute atomic E-state index is 13.0. The molecule has 0 saturated carbocycles. The van der Waals surface area contributed by atoms with Crippen LogP contribution < -0.4 is 5.32 Å². The first-order chi connectivity index (χ1) is 8.69. The van der Waals surface area contributed by atoms with Gasteiger partial charge in [0, 0.05) is 13.1 Å². The third-order valence-electron chi connectivity index (χ3n) is 3.87. The van der Waals surface area contributed by atoms with Crippen molar-refractivity contribution in [2.24, 2.45) is 5.92 Å². The summed E-state index contributed by atoms with van der Waals surface area (Å²) in [6, 6.07) is 5.02. The van der Waals surface area contributed by atoms with Gasteiger partial charge in [-0.1, -0.05) is 13.0 Å². The first kappa shape index (κ1) is 13.5. The maximum atomic E-state index is 13.0.